The second-order valence-electron chi connectivity index (χ2n) is 18.1. The van der Waals surface area contributed by atoms with E-state index >= 15 is 0 Å². The normalized spacial score (nSPS) is 12.5. The third-order valence-corrected chi connectivity index (χ3v) is 13.9. The molecule has 2 heterocycles. The highest BCUT2D eigenvalue weighted by molar-refractivity contribution is 6.13. The summed E-state index contributed by atoms with van der Waals surface area (Å²) in [6.07, 6.45) is 9.09. The van der Waals surface area contributed by atoms with Crippen molar-refractivity contribution >= 4 is 83.3 Å². The Balaban J connectivity index is 0.987. The number of aromatic nitrogens is 2. The number of rotatable bonds is 10. The van der Waals surface area contributed by atoms with Gasteiger partial charge < -0.3 is 18.9 Å². The Labute approximate surface area is 408 Å². The van der Waals surface area contributed by atoms with E-state index in [4.69, 9.17) is 0 Å². The van der Waals surface area contributed by atoms with Crippen LogP contribution < -0.4 is 9.80 Å². The molecule has 0 aliphatic heterocycles. The van der Waals surface area contributed by atoms with Crippen LogP contribution in [0.2, 0.25) is 0 Å². The number of nitrogens with zero attached hydrogens (tertiary/aromatic N) is 4. The summed E-state index contributed by atoms with van der Waals surface area (Å²) in [5.41, 5.74) is 18.3. The SMILES string of the molecule is C1=CC(c2ccc3c(c2)c2cc(N(c4ccccc4)c4cccc(N(c5ccccc5)c5ccc6c(c5)c5cc(-c7ccccc7)ccc5n6-c5ccccc5)c4)ccc2n3-c2ccccc2)=CCC1. The molecule has 0 amide bonds. The van der Waals surface area contributed by atoms with Gasteiger partial charge in [-0.1, -0.05) is 140 Å². The molecule has 0 radical (unpaired) electrons. The smallest absolute Gasteiger partial charge is 0.0542 e. The van der Waals surface area contributed by atoms with Gasteiger partial charge in [-0.2, -0.15) is 0 Å². The predicted octanol–water partition coefficient (Wildman–Crippen LogP) is 18.2. The lowest BCUT2D eigenvalue weighted by Gasteiger charge is -2.29. The van der Waals surface area contributed by atoms with Gasteiger partial charge in [0.2, 0.25) is 0 Å². The zero-order valence-electron chi connectivity index (χ0n) is 38.6. The molecule has 1 aliphatic carbocycles. The monoisotopic (exact) mass is 896 g/mol. The third-order valence-electron chi connectivity index (χ3n) is 13.9. The first-order chi connectivity index (χ1) is 34.7. The van der Waals surface area contributed by atoms with Crippen LogP contribution in [0.5, 0.6) is 0 Å². The highest BCUT2D eigenvalue weighted by Crippen LogP contribution is 2.45. The van der Waals surface area contributed by atoms with E-state index in [2.05, 4.69) is 286 Å². The van der Waals surface area contributed by atoms with Crippen LogP contribution in [-0.2, 0) is 0 Å². The van der Waals surface area contributed by atoms with Crippen LogP contribution in [0.15, 0.2) is 267 Å². The van der Waals surface area contributed by atoms with Gasteiger partial charge in [0.15, 0.2) is 0 Å². The van der Waals surface area contributed by atoms with E-state index in [0.717, 1.165) is 63.9 Å². The van der Waals surface area contributed by atoms with E-state index in [0.29, 0.717) is 0 Å². The maximum absolute atomic E-state index is 2.41. The summed E-state index contributed by atoms with van der Waals surface area (Å²) in [6, 6.07) is 90.5. The molecule has 0 bridgehead atoms. The molecule has 10 aromatic carbocycles. The van der Waals surface area contributed by atoms with Crippen LogP contribution in [0, 0.1) is 0 Å². The number of allylic oxidation sites excluding steroid dienone is 4. The molecule has 332 valence electrons. The second kappa shape index (κ2) is 17.5. The number of fused-ring (bicyclic) bond motifs is 6. The molecular weight excluding hydrogens is 849 g/mol. The van der Waals surface area contributed by atoms with Gasteiger partial charge in [-0.25, -0.2) is 0 Å². The number of para-hydroxylation sites is 4. The minimum atomic E-state index is 1.06. The van der Waals surface area contributed by atoms with E-state index in [1.165, 1.54) is 60.4 Å². The van der Waals surface area contributed by atoms with Crippen LogP contribution in [0.25, 0.3) is 71.7 Å². The highest BCUT2D eigenvalue weighted by Gasteiger charge is 2.22. The summed E-state index contributed by atoms with van der Waals surface area (Å²) in [4.78, 5) is 4.79. The Hall–Kier alpha value is -9.12. The quantitative estimate of drug-likeness (QED) is 0.136. The van der Waals surface area contributed by atoms with Crippen molar-refractivity contribution in [3.8, 4) is 22.5 Å². The molecule has 0 saturated heterocycles. The van der Waals surface area contributed by atoms with Gasteiger partial charge in [0.1, 0.15) is 0 Å². The zero-order valence-corrected chi connectivity index (χ0v) is 38.6. The van der Waals surface area contributed by atoms with E-state index in [1.807, 2.05) is 0 Å². The Morgan fingerprint density at radius 1 is 0.286 bits per heavy atom. The van der Waals surface area contributed by atoms with Crippen LogP contribution in [-0.4, -0.2) is 9.13 Å². The summed E-state index contributed by atoms with van der Waals surface area (Å²) in [5.74, 6) is 0. The minimum Gasteiger partial charge on any atom is -0.310 e. The summed E-state index contributed by atoms with van der Waals surface area (Å²) < 4.78 is 4.80. The standard InChI is InChI=1S/C66H48N4/c1-7-20-47(21-8-1)49-34-38-63-59(42-49)61-45-57(36-40-65(61)69(63)53-28-15-5-16-29-53)67(51-24-11-3-12-25-51)55-32-19-33-56(44-55)68(52-26-13-4-14-27-52)58-37-41-66-62(46-58)60-43-50(48-22-9-2-10-23-48)35-39-64(60)70(66)54-30-17-6-18-31-54/h1,3-9,11-46H,2,10H2. The fourth-order valence-electron chi connectivity index (χ4n) is 10.6. The van der Waals surface area contributed by atoms with E-state index < -0.39 is 0 Å². The van der Waals surface area contributed by atoms with Crippen LogP contribution >= 0.6 is 0 Å². The summed E-state index contributed by atoms with van der Waals surface area (Å²) in [5, 5.41) is 4.84. The molecule has 4 nitrogen and oxygen atoms in total. The largest absolute Gasteiger partial charge is 0.310 e. The van der Waals surface area contributed by atoms with Crippen molar-refractivity contribution in [1.29, 1.82) is 0 Å². The molecule has 12 aromatic rings. The molecule has 0 fully saturated rings. The summed E-state index contributed by atoms with van der Waals surface area (Å²) in [6.45, 7) is 0. The molecule has 2 aromatic heterocycles. The number of benzene rings is 10. The van der Waals surface area contributed by atoms with Crippen LogP contribution in [0.4, 0.5) is 34.1 Å². The van der Waals surface area contributed by atoms with Crippen molar-refractivity contribution in [3.05, 3.63) is 273 Å². The predicted molar refractivity (Wildman–Crippen MR) is 296 cm³/mol. The van der Waals surface area contributed by atoms with E-state index in [9.17, 15) is 0 Å². The minimum absolute atomic E-state index is 1.06. The van der Waals surface area contributed by atoms with Gasteiger partial charge >= 0.3 is 0 Å². The van der Waals surface area contributed by atoms with Gasteiger partial charge in [-0.15, -0.1) is 0 Å². The molecule has 1 aliphatic rings. The Kier molecular flexibility index (Phi) is 10.3. The van der Waals surface area contributed by atoms with Gasteiger partial charge in [0.05, 0.1) is 22.1 Å². The second-order valence-corrected chi connectivity index (χ2v) is 18.1. The first kappa shape index (κ1) is 41.1. The molecule has 0 saturated carbocycles. The fraction of sp³-hybridized carbons (Fsp3) is 0.0303. The van der Waals surface area contributed by atoms with Crippen LogP contribution in [0.1, 0.15) is 18.4 Å². The molecule has 0 N–H and O–H groups in total. The lowest BCUT2D eigenvalue weighted by atomic mass is 9.98. The Morgan fingerprint density at radius 3 is 1.17 bits per heavy atom. The lowest BCUT2D eigenvalue weighted by molar-refractivity contribution is 1.04. The van der Waals surface area contributed by atoms with E-state index in [1.54, 1.807) is 0 Å². The highest BCUT2D eigenvalue weighted by atomic mass is 15.2. The number of hydrogen-bond donors (Lipinski definition) is 0. The Bertz CT molecular complexity index is 3920. The van der Waals surface area contributed by atoms with E-state index in [-0.39, 0.29) is 0 Å². The molecular formula is C66H48N4. The van der Waals surface area contributed by atoms with Gasteiger partial charge in [0, 0.05) is 67.0 Å². The number of hydrogen-bond acceptors (Lipinski definition) is 2. The van der Waals surface area contributed by atoms with Gasteiger partial charge in [-0.3, -0.25) is 0 Å². The van der Waals surface area contributed by atoms with Crippen molar-refractivity contribution in [1.82, 2.24) is 9.13 Å². The molecule has 0 atom stereocenters. The number of anilines is 6. The van der Waals surface area contributed by atoms with Crippen LogP contribution in [0.3, 0.4) is 0 Å². The zero-order chi connectivity index (χ0) is 46.4. The van der Waals surface area contributed by atoms with Gasteiger partial charge in [-0.05, 0) is 162 Å². The molecule has 4 heteroatoms. The first-order valence-electron chi connectivity index (χ1n) is 24.2. The lowest BCUT2D eigenvalue weighted by Crippen LogP contribution is -2.13. The summed E-state index contributed by atoms with van der Waals surface area (Å²) in [7, 11) is 0. The molecule has 0 spiro atoms. The average Bonchev–Trinajstić information content (AvgIpc) is 3.94. The average molecular weight is 897 g/mol. The van der Waals surface area contributed by atoms with Gasteiger partial charge in [0.25, 0.3) is 0 Å². The fourth-order valence-corrected chi connectivity index (χ4v) is 10.6. The van der Waals surface area contributed by atoms with Crippen molar-refractivity contribution < 1.29 is 0 Å². The first-order valence-corrected chi connectivity index (χ1v) is 24.2. The van der Waals surface area contributed by atoms with Crippen molar-refractivity contribution in [3.63, 3.8) is 0 Å². The van der Waals surface area contributed by atoms with Crippen molar-refractivity contribution in [2.75, 3.05) is 9.80 Å². The van der Waals surface area contributed by atoms with Crippen molar-refractivity contribution in [2.24, 2.45) is 0 Å². The third kappa shape index (κ3) is 7.26. The topological polar surface area (TPSA) is 16.3 Å². The van der Waals surface area contributed by atoms with Crippen molar-refractivity contribution in [2.45, 2.75) is 12.8 Å². The summed E-state index contributed by atoms with van der Waals surface area (Å²) >= 11 is 0. The maximum Gasteiger partial charge on any atom is 0.0542 e. The molecule has 70 heavy (non-hydrogen) atoms. The molecule has 0 unspecified atom stereocenters. The maximum atomic E-state index is 2.41. The Morgan fingerprint density at radius 2 is 0.686 bits per heavy atom. The molecule has 13 rings (SSSR count).